The van der Waals surface area contributed by atoms with Crippen LogP contribution < -0.4 is 11.3 Å². The average Bonchev–Trinajstić information content (AvgIpc) is 2.34. The van der Waals surface area contributed by atoms with Crippen LogP contribution in [-0.2, 0) is 0 Å². The molecule has 3 N–H and O–H groups in total. The Kier molecular flexibility index (Phi) is 3.63. The van der Waals surface area contributed by atoms with Gasteiger partial charge in [0, 0.05) is 28.5 Å². The van der Waals surface area contributed by atoms with Crippen molar-refractivity contribution in [3.63, 3.8) is 0 Å². The standard InChI is InChI=1S/C11H10ClFN4/c12-8-1-2-9(10(13)3-8)11(17-14)7-4-15-6-16-5-7/h1-6,11,17H,14H2. The minimum atomic E-state index is -0.506. The third kappa shape index (κ3) is 2.58. The maximum atomic E-state index is 13.8. The molecule has 0 spiro atoms. The monoisotopic (exact) mass is 252 g/mol. The van der Waals surface area contributed by atoms with Crippen molar-refractivity contribution in [2.24, 2.45) is 5.84 Å². The summed E-state index contributed by atoms with van der Waals surface area (Å²) in [6, 6.07) is 3.92. The zero-order valence-electron chi connectivity index (χ0n) is 8.77. The van der Waals surface area contributed by atoms with Crippen LogP contribution in [0.25, 0.3) is 0 Å². The molecule has 17 heavy (non-hydrogen) atoms. The predicted octanol–water partition coefficient (Wildman–Crippen LogP) is 1.82. The van der Waals surface area contributed by atoms with Crippen molar-refractivity contribution in [1.82, 2.24) is 15.4 Å². The van der Waals surface area contributed by atoms with Crippen LogP contribution in [0.5, 0.6) is 0 Å². The fourth-order valence-electron chi connectivity index (χ4n) is 1.56. The fourth-order valence-corrected chi connectivity index (χ4v) is 1.72. The molecule has 1 aromatic carbocycles. The summed E-state index contributed by atoms with van der Waals surface area (Å²) in [4.78, 5) is 7.74. The zero-order valence-corrected chi connectivity index (χ0v) is 9.53. The van der Waals surface area contributed by atoms with Crippen molar-refractivity contribution in [2.45, 2.75) is 6.04 Å². The van der Waals surface area contributed by atoms with Gasteiger partial charge in [0.25, 0.3) is 0 Å². The molecule has 0 aliphatic rings. The normalized spacial score (nSPS) is 12.4. The molecule has 1 atom stereocenters. The number of rotatable bonds is 3. The lowest BCUT2D eigenvalue weighted by molar-refractivity contribution is 0.558. The van der Waals surface area contributed by atoms with Gasteiger partial charge < -0.3 is 0 Å². The largest absolute Gasteiger partial charge is 0.271 e. The number of hydrogen-bond acceptors (Lipinski definition) is 4. The van der Waals surface area contributed by atoms with E-state index in [0.717, 1.165) is 0 Å². The van der Waals surface area contributed by atoms with Gasteiger partial charge in [0.2, 0.25) is 0 Å². The molecule has 1 heterocycles. The highest BCUT2D eigenvalue weighted by molar-refractivity contribution is 6.30. The van der Waals surface area contributed by atoms with E-state index in [0.29, 0.717) is 16.1 Å². The van der Waals surface area contributed by atoms with Gasteiger partial charge in [-0.15, -0.1) is 0 Å². The van der Waals surface area contributed by atoms with Crippen molar-refractivity contribution >= 4 is 11.6 Å². The molecule has 2 rings (SSSR count). The molecule has 0 saturated heterocycles. The fraction of sp³-hybridized carbons (Fsp3) is 0.0909. The van der Waals surface area contributed by atoms with Gasteiger partial charge in [-0.3, -0.25) is 5.84 Å². The van der Waals surface area contributed by atoms with Crippen LogP contribution in [0.2, 0.25) is 5.02 Å². The molecule has 6 heteroatoms. The molecule has 88 valence electrons. The number of nitrogens with two attached hydrogens (primary N) is 1. The lowest BCUT2D eigenvalue weighted by atomic mass is 10.0. The Morgan fingerprint density at radius 2 is 2.00 bits per heavy atom. The van der Waals surface area contributed by atoms with Crippen LogP contribution >= 0.6 is 11.6 Å². The zero-order chi connectivity index (χ0) is 12.3. The van der Waals surface area contributed by atoms with Crippen molar-refractivity contribution in [1.29, 1.82) is 0 Å². The third-order valence-electron chi connectivity index (χ3n) is 2.35. The average molecular weight is 253 g/mol. The van der Waals surface area contributed by atoms with E-state index in [2.05, 4.69) is 15.4 Å². The highest BCUT2D eigenvalue weighted by Gasteiger charge is 2.17. The molecule has 0 aliphatic carbocycles. The SMILES string of the molecule is NNC(c1cncnc1)c1ccc(Cl)cc1F. The molecule has 0 saturated carbocycles. The minimum Gasteiger partial charge on any atom is -0.271 e. The van der Waals surface area contributed by atoms with E-state index in [9.17, 15) is 4.39 Å². The lowest BCUT2D eigenvalue weighted by Crippen LogP contribution is -2.29. The van der Waals surface area contributed by atoms with E-state index >= 15 is 0 Å². The minimum absolute atomic E-state index is 0.339. The smallest absolute Gasteiger partial charge is 0.129 e. The van der Waals surface area contributed by atoms with E-state index < -0.39 is 11.9 Å². The highest BCUT2D eigenvalue weighted by Crippen LogP contribution is 2.24. The second-order valence-electron chi connectivity index (χ2n) is 3.44. The Hall–Kier alpha value is -1.56. The predicted molar refractivity (Wildman–Crippen MR) is 62.6 cm³/mol. The summed E-state index contributed by atoms with van der Waals surface area (Å²) in [5, 5.41) is 0.339. The topological polar surface area (TPSA) is 63.8 Å². The van der Waals surface area contributed by atoms with Crippen LogP contribution in [0, 0.1) is 5.82 Å². The number of nitrogens with one attached hydrogen (secondary N) is 1. The Morgan fingerprint density at radius 3 is 2.59 bits per heavy atom. The summed E-state index contributed by atoms with van der Waals surface area (Å²) < 4.78 is 13.8. The molecule has 2 aromatic rings. The van der Waals surface area contributed by atoms with Gasteiger partial charge >= 0.3 is 0 Å². The van der Waals surface area contributed by atoms with Gasteiger partial charge in [-0.1, -0.05) is 17.7 Å². The lowest BCUT2D eigenvalue weighted by Gasteiger charge is -2.16. The van der Waals surface area contributed by atoms with E-state index in [1.54, 1.807) is 24.5 Å². The van der Waals surface area contributed by atoms with E-state index in [-0.39, 0.29) is 0 Å². The Labute approximate surface area is 103 Å². The molecule has 0 amide bonds. The Balaban J connectivity index is 2.42. The number of hydrogen-bond donors (Lipinski definition) is 2. The second-order valence-corrected chi connectivity index (χ2v) is 3.87. The number of benzene rings is 1. The van der Waals surface area contributed by atoms with Crippen LogP contribution in [-0.4, -0.2) is 9.97 Å². The van der Waals surface area contributed by atoms with Crippen LogP contribution in [0.15, 0.2) is 36.9 Å². The highest BCUT2D eigenvalue weighted by atomic mass is 35.5. The van der Waals surface area contributed by atoms with Crippen molar-refractivity contribution in [3.05, 3.63) is 58.9 Å². The molecule has 0 bridgehead atoms. The summed E-state index contributed by atoms with van der Waals surface area (Å²) in [5.41, 5.74) is 3.60. The summed E-state index contributed by atoms with van der Waals surface area (Å²) in [7, 11) is 0. The molecule has 1 aromatic heterocycles. The number of aromatic nitrogens is 2. The van der Waals surface area contributed by atoms with E-state index in [1.807, 2.05) is 0 Å². The molecule has 0 radical (unpaired) electrons. The number of nitrogens with zero attached hydrogens (tertiary/aromatic N) is 2. The summed E-state index contributed by atoms with van der Waals surface area (Å²) in [6.45, 7) is 0. The van der Waals surface area contributed by atoms with Gasteiger partial charge in [-0.05, 0) is 12.1 Å². The molecular formula is C11H10ClFN4. The third-order valence-corrected chi connectivity index (χ3v) is 2.59. The van der Waals surface area contributed by atoms with Gasteiger partial charge in [0.15, 0.2) is 0 Å². The molecular weight excluding hydrogens is 243 g/mol. The molecule has 4 nitrogen and oxygen atoms in total. The Bertz CT molecular complexity index is 506. The first-order valence-corrected chi connectivity index (χ1v) is 5.26. The van der Waals surface area contributed by atoms with Crippen molar-refractivity contribution < 1.29 is 4.39 Å². The van der Waals surface area contributed by atoms with Crippen LogP contribution in [0.3, 0.4) is 0 Å². The van der Waals surface area contributed by atoms with Gasteiger partial charge in [0.1, 0.15) is 12.1 Å². The molecule has 0 aliphatic heterocycles. The van der Waals surface area contributed by atoms with E-state index in [4.69, 9.17) is 17.4 Å². The summed E-state index contributed by atoms with van der Waals surface area (Å²) in [5.74, 6) is 5.01. The van der Waals surface area contributed by atoms with E-state index in [1.165, 1.54) is 12.4 Å². The first-order chi connectivity index (χ1) is 8.22. The number of halogens is 2. The molecule has 1 unspecified atom stereocenters. The molecule has 0 fully saturated rings. The Morgan fingerprint density at radius 1 is 1.29 bits per heavy atom. The summed E-state index contributed by atoms with van der Waals surface area (Å²) in [6.07, 6.45) is 4.55. The van der Waals surface area contributed by atoms with Crippen molar-refractivity contribution in [3.8, 4) is 0 Å². The quantitative estimate of drug-likeness (QED) is 0.646. The number of hydrazine groups is 1. The summed E-state index contributed by atoms with van der Waals surface area (Å²) >= 11 is 5.69. The van der Waals surface area contributed by atoms with Gasteiger partial charge in [-0.25, -0.2) is 19.8 Å². The van der Waals surface area contributed by atoms with Gasteiger partial charge in [0.05, 0.1) is 6.04 Å². The maximum Gasteiger partial charge on any atom is 0.129 e. The first-order valence-electron chi connectivity index (χ1n) is 4.88. The maximum absolute atomic E-state index is 13.8. The van der Waals surface area contributed by atoms with Crippen molar-refractivity contribution in [2.75, 3.05) is 0 Å². The first kappa shape index (κ1) is 11.9. The second kappa shape index (κ2) is 5.18. The van der Waals surface area contributed by atoms with Crippen LogP contribution in [0.1, 0.15) is 17.2 Å². The van der Waals surface area contributed by atoms with Gasteiger partial charge in [-0.2, -0.15) is 0 Å². The van der Waals surface area contributed by atoms with Crippen LogP contribution in [0.4, 0.5) is 4.39 Å².